The monoisotopic (exact) mass is 394 g/mol. The standard InChI is InChI=1S/C24H30N2O3/c1-19-6-5-9-22(25-19)29-21-12-17-28-24(18-21)13-15-26(16-14-24)23(27)11-10-20-7-3-2-4-8-20/h2-9,21H,10-18H2,1H3. The lowest BCUT2D eigenvalue weighted by atomic mass is 9.83. The van der Waals surface area contributed by atoms with Gasteiger partial charge in [-0.3, -0.25) is 4.79 Å². The van der Waals surface area contributed by atoms with Crippen molar-refractivity contribution in [1.29, 1.82) is 0 Å². The number of carbonyl (C=O) groups is 1. The van der Waals surface area contributed by atoms with Gasteiger partial charge in [0, 0.05) is 44.1 Å². The van der Waals surface area contributed by atoms with Crippen LogP contribution in [0.25, 0.3) is 0 Å². The van der Waals surface area contributed by atoms with Crippen LogP contribution in [-0.2, 0) is 16.0 Å². The Kier molecular flexibility index (Phi) is 6.14. The van der Waals surface area contributed by atoms with Gasteiger partial charge in [-0.1, -0.05) is 36.4 Å². The fourth-order valence-corrected chi connectivity index (χ4v) is 4.40. The summed E-state index contributed by atoms with van der Waals surface area (Å²) in [6, 6.07) is 16.1. The van der Waals surface area contributed by atoms with Gasteiger partial charge < -0.3 is 14.4 Å². The van der Waals surface area contributed by atoms with E-state index in [0.717, 1.165) is 50.9 Å². The van der Waals surface area contributed by atoms with Crippen molar-refractivity contribution >= 4 is 5.91 Å². The molecule has 0 N–H and O–H groups in total. The average Bonchev–Trinajstić information content (AvgIpc) is 2.73. The topological polar surface area (TPSA) is 51.7 Å². The Bertz CT molecular complexity index is 816. The lowest BCUT2D eigenvalue weighted by Crippen LogP contribution is -2.52. The second kappa shape index (κ2) is 8.95. The van der Waals surface area contributed by atoms with Crippen LogP contribution in [0.5, 0.6) is 5.88 Å². The highest BCUT2D eigenvalue weighted by Crippen LogP contribution is 2.36. The Morgan fingerprint density at radius 1 is 1.17 bits per heavy atom. The molecule has 0 bridgehead atoms. The predicted molar refractivity (Wildman–Crippen MR) is 112 cm³/mol. The number of hydrogen-bond donors (Lipinski definition) is 0. The molecule has 0 radical (unpaired) electrons. The molecule has 1 unspecified atom stereocenters. The maximum Gasteiger partial charge on any atom is 0.222 e. The van der Waals surface area contributed by atoms with Crippen LogP contribution in [-0.4, -0.2) is 47.2 Å². The van der Waals surface area contributed by atoms with Crippen LogP contribution < -0.4 is 4.74 Å². The summed E-state index contributed by atoms with van der Waals surface area (Å²) in [4.78, 5) is 19.1. The lowest BCUT2D eigenvalue weighted by Gasteiger charge is -2.46. The van der Waals surface area contributed by atoms with E-state index in [2.05, 4.69) is 17.1 Å². The van der Waals surface area contributed by atoms with Crippen LogP contribution in [0.2, 0.25) is 0 Å². The average molecular weight is 395 g/mol. The quantitative estimate of drug-likeness (QED) is 0.771. The molecule has 2 aliphatic heterocycles. The van der Waals surface area contributed by atoms with E-state index in [1.165, 1.54) is 5.56 Å². The second-order valence-corrected chi connectivity index (χ2v) is 8.25. The van der Waals surface area contributed by atoms with Crippen molar-refractivity contribution in [3.05, 3.63) is 59.8 Å². The molecule has 3 heterocycles. The van der Waals surface area contributed by atoms with E-state index in [1.807, 2.05) is 48.2 Å². The summed E-state index contributed by atoms with van der Waals surface area (Å²) in [6.07, 6.45) is 5.01. The van der Waals surface area contributed by atoms with Crippen LogP contribution >= 0.6 is 0 Å². The summed E-state index contributed by atoms with van der Waals surface area (Å²) in [5, 5.41) is 0. The highest BCUT2D eigenvalue weighted by molar-refractivity contribution is 5.76. The van der Waals surface area contributed by atoms with Gasteiger partial charge in [-0.25, -0.2) is 4.98 Å². The van der Waals surface area contributed by atoms with Crippen molar-refractivity contribution in [1.82, 2.24) is 9.88 Å². The van der Waals surface area contributed by atoms with Gasteiger partial charge in [-0.15, -0.1) is 0 Å². The summed E-state index contributed by atoms with van der Waals surface area (Å²) < 4.78 is 12.4. The summed E-state index contributed by atoms with van der Waals surface area (Å²) >= 11 is 0. The molecule has 2 aliphatic rings. The Labute approximate surface area is 173 Å². The number of nitrogens with zero attached hydrogens (tertiary/aromatic N) is 2. The number of rotatable bonds is 5. The molecule has 2 fully saturated rings. The maximum atomic E-state index is 12.6. The lowest BCUT2D eigenvalue weighted by molar-refractivity contribution is -0.151. The zero-order valence-corrected chi connectivity index (χ0v) is 17.2. The number of hydrogen-bond acceptors (Lipinski definition) is 4. The number of amides is 1. The van der Waals surface area contributed by atoms with E-state index < -0.39 is 0 Å². The first-order valence-electron chi connectivity index (χ1n) is 10.7. The fourth-order valence-electron chi connectivity index (χ4n) is 4.40. The van der Waals surface area contributed by atoms with Crippen LogP contribution in [0.15, 0.2) is 48.5 Å². The number of benzene rings is 1. The summed E-state index contributed by atoms with van der Waals surface area (Å²) in [6.45, 7) is 4.22. The number of likely N-dealkylation sites (tertiary alicyclic amines) is 1. The summed E-state index contributed by atoms with van der Waals surface area (Å²) in [5.41, 5.74) is 2.02. The number of ether oxygens (including phenoxy) is 2. The highest BCUT2D eigenvalue weighted by Gasteiger charge is 2.41. The van der Waals surface area contributed by atoms with Gasteiger partial charge >= 0.3 is 0 Å². The van der Waals surface area contributed by atoms with E-state index in [1.54, 1.807) is 0 Å². The van der Waals surface area contributed by atoms with Crippen LogP contribution in [0, 0.1) is 6.92 Å². The Balaban J connectivity index is 1.28. The Morgan fingerprint density at radius 2 is 1.97 bits per heavy atom. The zero-order valence-electron chi connectivity index (χ0n) is 17.2. The van der Waals surface area contributed by atoms with Crippen molar-refractivity contribution in [2.75, 3.05) is 19.7 Å². The molecule has 1 aromatic heterocycles. The number of pyridine rings is 1. The van der Waals surface area contributed by atoms with Crippen LogP contribution in [0.1, 0.15) is 43.4 Å². The van der Waals surface area contributed by atoms with Crippen molar-refractivity contribution in [2.24, 2.45) is 0 Å². The van der Waals surface area contributed by atoms with Gasteiger partial charge in [0.05, 0.1) is 12.2 Å². The third-order valence-electron chi connectivity index (χ3n) is 6.10. The SMILES string of the molecule is Cc1cccc(OC2CCOC3(CCN(C(=O)CCc4ccccc4)CC3)C2)n1. The molecule has 0 saturated carbocycles. The maximum absolute atomic E-state index is 12.6. The van der Waals surface area contributed by atoms with Crippen LogP contribution in [0.4, 0.5) is 0 Å². The molecule has 5 heteroatoms. The van der Waals surface area contributed by atoms with Crippen molar-refractivity contribution in [3.63, 3.8) is 0 Å². The molecule has 1 spiro atoms. The smallest absolute Gasteiger partial charge is 0.222 e. The number of aryl methyl sites for hydroxylation is 2. The van der Waals surface area contributed by atoms with E-state index in [-0.39, 0.29) is 17.6 Å². The van der Waals surface area contributed by atoms with E-state index in [9.17, 15) is 4.79 Å². The Morgan fingerprint density at radius 3 is 2.72 bits per heavy atom. The molecule has 2 aromatic rings. The molecule has 1 amide bonds. The van der Waals surface area contributed by atoms with Gasteiger partial charge in [-0.05, 0) is 37.8 Å². The number of piperidine rings is 1. The molecule has 29 heavy (non-hydrogen) atoms. The molecule has 2 saturated heterocycles. The van der Waals surface area contributed by atoms with E-state index >= 15 is 0 Å². The zero-order chi connectivity index (χ0) is 20.1. The van der Waals surface area contributed by atoms with Gasteiger partial charge in [-0.2, -0.15) is 0 Å². The van der Waals surface area contributed by atoms with E-state index in [4.69, 9.17) is 9.47 Å². The number of carbonyl (C=O) groups excluding carboxylic acids is 1. The normalized spacial score (nSPS) is 21.1. The number of aromatic nitrogens is 1. The van der Waals surface area contributed by atoms with Gasteiger partial charge in [0.15, 0.2) is 0 Å². The first-order valence-corrected chi connectivity index (χ1v) is 10.7. The first-order chi connectivity index (χ1) is 14.1. The van der Waals surface area contributed by atoms with E-state index in [0.29, 0.717) is 18.9 Å². The van der Waals surface area contributed by atoms with Crippen LogP contribution in [0.3, 0.4) is 0 Å². The fraction of sp³-hybridized carbons (Fsp3) is 0.500. The molecule has 1 aromatic carbocycles. The highest BCUT2D eigenvalue weighted by atomic mass is 16.5. The molecule has 154 valence electrons. The molecule has 4 rings (SSSR count). The second-order valence-electron chi connectivity index (χ2n) is 8.25. The first kappa shape index (κ1) is 19.9. The third kappa shape index (κ3) is 5.15. The molecular formula is C24H30N2O3. The summed E-state index contributed by atoms with van der Waals surface area (Å²) in [5.74, 6) is 0.942. The molecule has 1 atom stereocenters. The largest absolute Gasteiger partial charge is 0.474 e. The van der Waals surface area contributed by atoms with Crippen molar-refractivity contribution < 1.29 is 14.3 Å². The minimum absolute atomic E-state index is 0.124. The molecule has 0 aliphatic carbocycles. The Hall–Kier alpha value is -2.40. The molecule has 5 nitrogen and oxygen atoms in total. The minimum atomic E-state index is -0.164. The summed E-state index contributed by atoms with van der Waals surface area (Å²) in [7, 11) is 0. The van der Waals surface area contributed by atoms with Gasteiger partial charge in [0.1, 0.15) is 6.10 Å². The molecular weight excluding hydrogens is 364 g/mol. The van der Waals surface area contributed by atoms with Gasteiger partial charge in [0.25, 0.3) is 0 Å². The minimum Gasteiger partial charge on any atom is -0.474 e. The predicted octanol–water partition coefficient (Wildman–Crippen LogP) is 3.94. The van der Waals surface area contributed by atoms with Crippen molar-refractivity contribution in [2.45, 2.75) is 57.2 Å². The van der Waals surface area contributed by atoms with Gasteiger partial charge in [0.2, 0.25) is 11.8 Å². The third-order valence-corrected chi connectivity index (χ3v) is 6.10. The van der Waals surface area contributed by atoms with Crippen molar-refractivity contribution in [3.8, 4) is 5.88 Å².